The summed E-state index contributed by atoms with van der Waals surface area (Å²) in [5.41, 5.74) is 0. The lowest BCUT2D eigenvalue weighted by atomic mass is 10.3. The Hall–Kier alpha value is -0.730. The lowest BCUT2D eigenvalue weighted by Gasteiger charge is -2.07. The van der Waals surface area contributed by atoms with Crippen molar-refractivity contribution < 1.29 is 4.74 Å². The van der Waals surface area contributed by atoms with Crippen molar-refractivity contribution in [1.82, 2.24) is 5.32 Å². The average molecular weight is 224 g/mol. The molecule has 0 unspecified atom stereocenters. The minimum atomic E-state index is 0.741. The lowest BCUT2D eigenvalue weighted by Crippen LogP contribution is -2.17. The van der Waals surface area contributed by atoms with Gasteiger partial charge in [-0.25, -0.2) is 0 Å². The predicted octanol–water partition coefficient (Wildman–Crippen LogP) is 2.18. The molecular formula is C12H14ClNO. The predicted molar refractivity (Wildman–Crippen MR) is 60.3 cm³/mol. The van der Waals surface area contributed by atoms with Crippen molar-refractivity contribution in [3.63, 3.8) is 0 Å². The summed E-state index contributed by atoms with van der Waals surface area (Å²) < 4.78 is 5.73. The van der Waals surface area contributed by atoms with Gasteiger partial charge in [-0.3, -0.25) is 0 Å². The van der Waals surface area contributed by atoms with Crippen LogP contribution < -0.4 is 10.1 Å². The molecule has 80 valence electrons. The minimum absolute atomic E-state index is 0.741. The molecule has 3 heteroatoms. The molecule has 0 radical (unpaired) electrons. The maximum Gasteiger partial charge on any atom is 0.120 e. The third-order valence-electron chi connectivity index (χ3n) is 3.51. The molecule has 1 aromatic rings. The molecule has 2 aliphatic rings. The van der Waals surface area contributed by atoms with Gasteiger partial charge < -0.3 is 10.1 Å². The highest BCUT2D eigenvalue weighted by atomic mass is 35.5. The molecule has 0 spiro atoms. The Morgan fingerprint density at radius 3 is 2.87 bits per heavy atom. The van der Waals surface area contributed by atoms with E-state index in [1.165, 1.54) is 13.1 Å². The zero-order valence-corrected chi connectivity index (χ0v) is 9.20. The first-order valence-electron chi connectivity index (χ1n) is 5.44. The van der Waals surface area contributed by atoms with Gasteiger partial charge in [0, 0.05) is 10.9 Å². The van der Waals surface area contributed by atoms with Crippen molar-refractivity contribution >= 4 is 11.6 Å². The quantitative estimate of drug-likeness (QED) is 0.848. The Bertz CT molecular complexity index is 358. The summed E-state index contributed by atoms with van der Waals surface area (Å²) >= 11 is 5.88. The second kappa shape index (κ2) is 3.69. The van der Waals surface area contributed by atoms with Crippen LogP contribution in [0.25, 0.3) is 0 Å². The Morgan fingerprint density at radius 1 is 1.33 bits per heavy atom. The van der Waals surface area contributed by atoms with Crippen molar-refractivity contribution in [2.45, 2.75) is 0 Å². The lowest BCUT2D eigenvalue weighted by molar-refractivity contribution is 0.280. The van der Waals surface area contributed by atoms with Crippen LogP contribution in [-0.4, -0.2) is 19.7 Å². The smallest absolute Gasteiger partial charge is 0.120 e. The van der Waals surface area contributed by atoms with E-state index in [1.54, 1.807) is 0 Å². The SMILES string of the molecule is Clc1cccc(OC[C@H]2[C@@H]3CNC[C@@H]32)c1. The van der Waals surface area contributed by atoms with Gasteiger partial charge in [-0.05, 0) is 43.1 Å². The van der Waals surface area contributed by atoms with Gasteiger partial charge in [-0.15, -0.1) is 0 Å². The molecule has 2 nitrogen and oxygen atoms in total. The average Bonchev–Trinajstić information content (AvgIpc) is 2.69. The van der Waals surface area contributed by atoms with E-state index in [1.807, 2.05) is 24.3 Å². The van der Waals surface area contributed by atoms with Crippen LogP contribution in [0.4, 0.5) is 0 Å². The molecule has 1 aromatic carbocycles. The highest BCUT2D eigenvalue weighted by Crippen LogP contribution is 2.48. The van der Waals surface area contributed by atoms with E-state index < -0.39 is 0 Å². The van der Waals surface area contributed by atoms with Crippen LogP contribution in [0.5, 0.6) is 5.75 Å². The fourth-order valence-electron chi connectivity index (χ4n) is 2.54. The van der Waals surface area contributed by atoms with Gasteiger partial charge in [0.1, 0.15) is 5.75 Å². The van der Waals surface area contributed by atoms with Gasteiger partial charge in [0.25, 0.3) is 0 Å². The van der Waals surface area contributed by atoms with Gasteiger partial charge in [0.15, 0.2) is 0 Å². The van der Waals surface area contributed by atoms with Crippen LogP contribution in [-0.2, 0) is 0 Å². The first-order valence-corrected chi connectivity index (χ1v) is 5.81. The number of ether oxygens (including phenoxy) is 1. The molecule has 3 atom stereocenters. The molecule has 1 aliphatic heterocycles. The Kier molecular flexibility index (Phi) is 2.33. The summed E-state index contributed by atoms with van der Waals surface area (Å²) in [6.07, 6.45) is 0. The van der Waals surface area contributed by atoms with E-state index in [2.05, 4.69) is 5.32 Å². The first kappa shape index (κ1) is 9.49. The summed E-state index contributed by atoms with van der Waals surface area (Å²) in [7, 11) is 0. The van der Waals surface area contributed by atoms with E-state index in [9.17, 15) is 0 Å². The molecule has 0 amide bonds. The second-order valence-corrected chi connectivity index (χ2v) is 4.85. The summed E-state index contributed by atoms with van der Waals surface area (Å²) in [4.78, 5) is 0. The third kappa shape index (κ3) is 1.84. The summed E-state index contributed by atoms with van der Waals surface area (Å²) in [5, 5.41) is 4.12. The first-order chi connectivity index (χ1) is 7.34. The van der Waals surface area contributed by atoms with Crippen molar-refractivity contribution in [2.75, 3.05) is 19.7 Å². The Morgan fingerprint density at radius 2 is 2.13 bits per heavy atom. The zero-order valence-electron chi connectivity index (χ0n) is 8.45. The molecule has 0 bridgehead atoms. The van der Waals surface area contributed by atoms with Crippen LogP contribution in [0.2, 0.25) is 5.02 Å². The van der Waals surface area contributed by atoms with E-state index in [0.29, 0.717) is 0 Å². The normalized spacial score (nSPS) is 32.5. The fourth-order valence-corrected chi connectivity index (χ4v) is 2.72. The Balaban J connectivity index is 1.54. The molecule has 1 saturated carbocycles. The number of benzene rings is 1. The van der Waals surface area contributed by atoms with Gasteiger partial charge in [-0.1, -0.05) is 17.7 Å². The molecule has 1 saturated heterocycles. The van der Waals surface area contributed by atoms with Crippen LogP contribution in [0, 0.1) is 17.8 Å². The highest BCUT2D eigenvalue weighted by molar-refractivity contribution is 6.30. The summed E-state index contributed by atoms with van der Waals surface area (Å²) in [6.45, 7) is 3.19. The summed E-state index contributed by atoms with van der Waals surface area (Å²) in [5.74, 6) is 3.39. The van der Waals surface area contributed by atoms with Crippen LogP contribution in [0.1, 0.15) is 0 Å². The number of hydrogen-bond donors (Lipinski definition) is 1. The van der Waals surface area contributed by atoms with Crippen molar-refractivity contribution in [2.24, 2.45) is 17.8 Å². The van der Waals surface area contributed by atoms with Gasteiger partial charge in [-0.2, -0.15) is 0 Å². The maximum absolute atomic E-state index is 5.88. The number of piperidine rings is 1. The highest BCUT2D eigenvalue weighted by Gasteiger charge is 2.52. The number of nitrogens with one attached hydrogen (secondary N) is 1. The fraction of sp³-hybridized carbons (Fsp3) is 0.500. The topological polar surface area (TPSA) is 21.3 Å². The largest absolute Gasteiger partial charge is 0.493 e. The maximum atomic E-state index is 5.88. The van der Waals surface area contributed by atoms with Gasteiger partial charge >= 0.3 is 0 Å². The molecule has 2 fully saturated rings. The van der Waals surface area contributed by atoms with Gasteiger partial charge in [0.2, 0.25) is 0 Å². The number of hydrogen-bond acceptors (Lipinski definition) is 2. The third-order valence-corrected chi connectivity index (χ3v) is 3.74. The van der Waals surface area contributed by atoms with Gasteiger partial charge in [0.05, 0.1) is 6.61 Å². The van der Waals surface area contributed by atoms with E-state index in [4.69, 9.17) is 16.3 Å². The molecule has 1 aliphatic carbocycles. The number of halogens is 1. The molecule has 1 heterocycles. The standard InChI is InChI=1S/C12H14ClNO/c13-8-2-1-3-9(4-8)15-7-12-10-5-14-6-11(10)12/h1-4,10-12,14H,5-7H2/t10-,11+,12+. The molecular weight excluding hydrogens is 210 g/mol. The van der Waals surface area contributed by atoms with Crippen LogP contribution in [0.3, 0.4) is 0 Å². The van der Waals surface area contributed by atoms with Crippen molar-refractivity contribution in [3.8, 4) is 5.75 Å². The van der Waals surface area contributed by atoms with E-state index in [0.717, 1.165) is 35.1 Å². The van der Waals surface area contributed by atoms with Crippen LogP contribution >= 0.6 is 11.6 Å². The Labute approximate surface area is 94.6 Å². The molecule has 1 N–H and O–H groups in total. The molecule has 3 rings (SSSR count). The second-order valence-electron chi connectivity index (χ2n) is 4.42. The number of rotatable bonds is 3. The monoisotopic (exact) mass is 223 g/mol. The summed E-state index contributed by atoms with van der Waals surface area (Å²) in [6, 6.07) is 7.62. The van der Waals surface area contributed by atoms with Crippen molar-refractivity contribution in [3.05, 3.63) is 29.3 Å². The van der Waals surface area contributed by atoms with Crippen molar-refractivity contribution in [1.29, 1.82) is 0 Å². The zero-order chi connectivity index (χ0) is 10.3. The van der Waals surface area contributed by atoms with Crippen LogP contribution in [0.15, 0.2) is 24.3 Å². The number of fused-ring (bicyclic) bond motifs is 1. The van der Waals surface area contributed by atoms with E-state index in [-0.39, 0.29) is 0 Å². The van der Waals surface area contributed by atoms with E-state index >= 15 is 0 Å². The molecule has 0 aromatic heterocycles. The minimum Gasteiger partial charge on any atom is -0.493 e. The molecule has 15 heavy (non-hydrogen) atoms.